The van der Waals surface area contributed by atoms with Gasteiger partial charge in [0, 0.05) is 44.7 Å². The van der Waals surface area contributed by atoms with Crippen LogP contribution in [0.3, 0.4) is 0 Å². The molecule has 1 N–H and O–H groups in total. The third-order valence-corrected chi connectivity index (χ3v) is 6.79. The van der Waals surface area contributed by atoms with Crippen molar-refractivity contribution in [3.05, 3.63) is 35.9 Å². The van der Waals surface area contributed by atoms with Crippen LogP contribution in [0.4, 0.5) is 4.79 Å². The first-order chi connectivity index (χ1) is 14.4. The summed E-state index contributed by atoms with van der Waals surface area (Å²) in [6.07, 6.45) is 2.61. The molecule has 4 rings (SSSR count). The number of amides is 4. The van der Waals surface area contributed by atoms with Gasteiger partial charge in [0.1, 0.15) is 5.54 Å². The summed E-state index contributed by atoms with van der Waals surface area (Å²) in [5.41, 5.74) is 0.509. The van der Waals surface area contributed by atoms with E-state index in [1.165, 1.54) is 10.5 Å². The maximum Gasteiger partial charge on any atom is 0.325 e. The van der Waals surface area contributed by atoms with Crippen LogP contribution in [0.2, 0.25) is 0 Å². The Labute approximate surface area is 178 Å². The molecule has 3 saturated heterocycles. The Balaban J connectivity index is 1.35. The molecule has 30 heavy (non-hydrogen) atoms. The highest BCUT2D eigenvalue weighted by Gasteiger charge is 2.54. The maximum absolute atomic E-state index is 13.3. The second kappa shape index (κ2) is 8.38. The number of piperidine rings is 2. The molecule has 0 atom stereocenters. The zero-order chi connectivity index (χ0) is 21.3. The molecular weight excluding hydrogens is 380 g/mol. The molecule has 1 aromatic carbocycles. The summed E-state index contributed by atoms with van der Waals surface area (Å²) in [7, 11) is 0. The van der Waals surface area contributed by atoms with Crippen molar-refractivity contribution in [1.82, 2.24) is 20.0 Å². The van der Waals surface area contributed by atoms with E-state index in [-0.39, 0.29) is 29.8 Å². The molecule has 0 unspecified atom stereocenters. The first-order valence-electron chi connectivity index (χ1n) is 11.1. The lowest BCUT2D eigenvalue weighted by Gasteiger charge is -2.39. The number of nitrogens with zero attached hydrogens (tertiary/aromatic N) is 3. The van der Waals surface area contributed by atoms with Crippen LogP contribution in [0, 0.1) is 5.92 Å². The second-order valence-electron chi connectivity index (χ2n) is 9.16. The van der Waals surface area contributed by atoms with E-state index in [0.29, 0.717) is 38.8 Å². The highest BCUT2D eigenvalue weighted by atomic mass is 16.2. The number of nitrogens with one attached hydrogen (secondary N) is 1. The maximum atomic E-state index is 13.3. The summed E-state index contributed by atoms with van der Waals surface area (Å²) in [4.78, 5) is 44.0. The van der Waals surface area contributed by atoms with Crippen molar-refractivity contribution in [3.63, 3.8) is 0 Å². The minimum atomic E-state index is -0.755. The topological polar surface area (TPSA) is 73.0 Å². The van der Waals surface area contributed by atoms with Crippen molar-refractivity contribution < 1.29 is 14.4 Å². The first kappa shape index (κ1) is 20.8. The molecule has 0 radical (unpaired) electrons. The fourth-order valence-corrected chi connectivity index (χ4v) is 4.96. The quantitative estimate of drug-likeness (QED) is 0.770. The largest absolute Gasteiger partial charge is 0.342 e. The standard InChI is InChI=1S/C23H32N4O3/c1-17(2)20(28)26-12-8-19(9-13-26)27-21(29)23(24-22(27)30)10-14-25(15-11-23)16-18-6-4-3-5-7-18/h3-7,17,19H,8-16H2,1-2H3,(H,24,30). The van der Waals surface area contributed by atoms with Crippen LogP contribution < -0.4 is 5.32 Å². The Kier molecular flexibility index (Phi) is 5.82. The molecule has 3 heterocycles. The fourth-order valence-electron chi connectivity index (χ4n) is 4.96. The molecule has 7 nitrogen and oxygen atoms in total. The summed E-state index contributed by atoms with van der Waals surface area (Å²) >= 11 is 0. The molecule has 4 amide bonds. The van der Waals surface area contributed by atoms with Gasteiger partial charge in [-0.2, -0.15) is 0 Å². The highest BCUT2D eigenvalue weighted by Crippen LogP contribution is 2.33. The van der Waals surface area contributed by atoms with Gasteiger partial charge in [-0.25, -0.2) is 4.79 Å². The molecule has 3 fully saturated rings. The van der Waals surface area contributed by atoms with Crippen LogP contribution in [0.5, 0.6) is 0 Å². The van der Waals surface area contributed by atoms with E-state index in [1.807, 2.05) is 36.9 Å². The predicted molar refractivity (Wildman–Crippen MR) is 114 cm³/mol. The summed E-state index contributed by atoms with van der Waals surface area (Å²) in [6.45, 7) is 7.46. The van der Waals surface area contributed by atoms with Gasteiger partial charge in [0.25, 0.3) is 5.91 Å². The Morgan fingerprint density at radius 1 is 1.07 bits per heavy atom. The van der Waals surface area contributed by atoms with Crippen molar-refractivity contribution in [3.8, 4) is 0 Å². The number of imide groups is 1. The number of hydrogen-bond donors (Lipinski definition) is 1. The lowest BCUT2D eigenvalue weighted by Crippen LogP contribution is -2.55. The summed E-state index contributed by atoms with van der Waals surface area (Å²) < 4.78 is 0. The minimum Gasteiger partial charge on any atom is -0.342 e. The zero-order valence-electron chi connectivity index (χ0n) is 18.0. The summed E-state index contributed by atoms with van der Waals surface area (Å²) in [6, 6.07) is 9.95. The van der Waals surface area contributed by atoms with Crippen molar-refractivity contribution in [2.45, 2.75) is 57.7 Å². The van der Waals surface area contributed by atoms with Crippen molar-refractivity contribution in [2.24, 2.45) is 5.92 Å². The van der Waals surface area contributed by atoms with Crippen LogP contribution in [0.25, 0.3) is 0 Å². The Bertz CT molecular complexity index is 794. The van der Waals surface area contributed by atoms with Crippen LogP contribution in [0.15, 0.2) is 30.3 Å². The SMILES string of the molecule is CC(C)C(=O)N1CCC(N2C(=O)NC3(CCN(Cc4ccccc4)CC3)C2=O)CC1. The number of carbonyl (C=O) groups is 3. The van der Waals surface area contributed by atoms with Crippen LogP contribution in [-0.2, 0) is 16.1 Å². The van der Waals surface area contributed by atoms with Gasteiger partial charge in [-0.3, -0.25) is 19.4 Å². The molecule has 3 aliphatic heterocycles. The van der Waals surface area contributed by atoms with Crippen molar-refractivity contribution in [2.75, 3.05) is 26.2 Å². The van der Waals surface area contributed by atoms with Gasteiger partial charge in [0.15, 0.2) is 0 Å². The molecule has 3 aliphatic rings. The van der Waals surface area contributed by atoms with E-state index in [2.05, 4.69) is 22.3 Å². The lowest BCUT2D eigenvalue weighted by atomic mass is 9.86. The average Bonchev–Trinajstić information content (AvgIpc) is 2.99. The number of benzene rings is 1. The van der Waals surface area contributed by atoms with Crippen LogP contribution >= 0.6 is 0 Å². The number of carbonyl (C=O) groups excluding carboxylic acids is 3. The summed E-state index contributed by atoms with van der Waals surface area (Å²) in [5, 5.41) is 3.03. The van der Waals surface area contributed by atoms with E-state index in [0.717, 1.165) is 19.6 Å². The fraction of sp³-hybridized carbons (Fsp3) is 0.609. The number of rotatable bonds is 4. The molecular formula is C23H32N4O3. The van der Waals surface area contributed by atoms with Crippen LogP contribution in [-0.4, -0.2) is 70.3 Å². The molecule has 0 saturated carbocycles. The molecule has 0 aromatic heterocycles. The average molecular weight is 413 g/mol. The Hall–Kier alpha value is -2.41. The van der Waals surface area contributed by atoms with Crippen molar-refractivity contribution >= 4 is 17.8 Å². The van der Waals surface area contributed by atoms with Gasteiger partial charge in [-0.1, -0.05) is 44.2 Å². The summed E-state index contributed by atoms with van der Waals surface area (Å²) in [5.74, 6) is 0.0519. The van der Waals surface area contributed by atoms with E-state index < -0.39 is 5.54 Å². The molecule has 1 spiro atoms. The van der Waals surface area contributed by atoms with Gasteiger partial charge < -0.3 is 10.2 Å². The van der Waals surface area contributed by atoms with Crippen LogP contribution in [0.1, 0.15) is 45.1 Å². The van der Waals surface area contributed by atoms with Gasteiger partial charge >= 0.3 is 6.03 Å². The first-order valence-corrected chi connectivity index (χ1v) is 11.1. The van der Waals surface area contributed by atoms with E-state index >= 15 is 0 Å². The molecule has 7 heteroatoms. The second-order valence-corrected chi connectivity index (χ2v) is 9.16. The number of likely N-dealkylation sites (tertiary alicyclic amines) is 2. The molecule has 1 aromatic rings. The molecule has 162 valence electrons. The predicted octanol–water partition coefficient (Wildman–Crippen LogP) is 2.22. The van der Waals surface area contributed by atoms with Gasteiger partial charge in [-0.05, 0) is 31.2 Å². The zero-order valence-corrected chi connectivity index (χ0v) is 18.0. The lowest BCUT2D eigenvalue weighted by molar-refractivity contribution is -0.138. The minimum absolute atomic E-state index is 0.0254. The van der Waals surface area contributed by atoms with E-state index in [4.69, 9.17) is 0 Å². The Morgan fingerprint density at radius 2 is 1.70 bits per heavy atom. The van der Waals surface area contributed by atoms with Gasteiger partial charge in [-0.15, -0.1) is 0 Å². The third kappa shape index (κ3) is 3.95. The van der Waals surface area contributed by atoms with E-state index in [1.54, 1.807) is 0 Å². The number of hydrogen-bond acceptors (Lipinski definition) is 4. The van der Waals surface area contributed by atoms with E-state index in [9.17, 15) is 14.4 Å². The normalized spacial score (nSPS) is 22.8. The highest BCUT2D eigenvalue weighted by molar-refractivity contribution is 6.07. The van der Waals surface area contributed by atoms with Gasteiger partial charge in [0.05, 0.1) is 0 Å². The Morgan fingerprint density at radius 3 is 2.30 bits per heavy atom. The van der Waals surface area contributed by atoms with Crippen molar-refractivity contribution in [1.29, 1.82) is 0 Å². The molecule has 0 bridgehead atoms. The monoisotopic (exact) mass is 412 g/mol. The van der Waals surface area contributed by atoms with Gasteiger partial charge in [0.2, 0.25) is 5.91 Å². The smallest absolute Gasteiger partial charge is 0.325 e. The number of urea groups is 1. The molecule has 0 aliphatic carbocycles. The third-order valence-electron chi connectivity index (χ3n) is 6.79.